The van der Waals surface area contributed by atoms with Crippen molar-refractivity contribution < 1.29 is 0 Å². The van der Waals surface area contributed by atoms with E-state index in [1.54, 1.807) is 0 Å². The fraction of sp³-hybridized carbons (Fsp3) is 0.667. The van der Waals surface area contributed by atoms with Crippen LogP contribution in [0.4, 0.5) is 0 Å². The summed E-state index contributed by atoms with van der Waals surface area (Å²) in [4.78, 5) is 0. The molecule has 0 aromatic heterocycles. The van der Waals surface area contributed by atoms with Crippen LogP contribution in [-0.4, -0.2) is 13.1 Å². The van der Waals surface area contributed by atoms with Gasteiger partial charge in [0.25, 0.3) is 0 Å². The molecule has 0 fully saturated rings. The first-order valence-corrected chi connectivity index (χ1v) is 3.36. The normalized spacial score (nSPS) is 22.2. The summed E-state index contributed by atoms with van der Waals surface area (Å²) in [6, 6.07) is 0. The summed E-state index contributed by atoms with van der Waals surface area (Å²) in [7, 11) is 0. The Balaban J connectivity index is 2.15. The molecule has 1 heterocycles. The lowest BCUT2D eigenvalue weighted by Crippen LogP contribution is -2.43. The van der Waals surface area contributed by atoms with Gasteiger partial charge in [0.05, 0.1) is 0 Å². The third-order valence-corrected chi connectivity index (χ3v) is 1.24. The largest absolute Gasteiger partial charge is 0.244 e. The molecule has 0 radical (unpaired) electrons. The number of hydrazine groups is 2. The van der Waals surface area contributed by atoms with E-state index < -0.39 is 0 Å². The monoisotopic (exact) mass is 127 g/mol. The van der Waals surface area contributed by atoms with Crippen molar-refractivity contribution in [2.24, 2.45) is 0 Å². The highest BCUT2D eigenvalue weighted by Crippen LogP contribution is 1.88. The highest BCUT2D eigenvalue weighted by molar-refractivity contribution is 4.83. The van der Waals surface area contributed by atoms with Crippen molar-refractivity contribution in [2.45, 2.75) is 12.8 Å². The van der Waals surface area contributed by atoms with E-state index in [9.17, 15) is 0 Å². The van der Waals surface area contributed by atoms with Gasteiger partial charge in [-0.3, -0.25) is 0 Å². The third kappa shape index (κ3) is 3.24. The zero-order chi connectivity index (χ0) is 6.36. The predicted octanol–water partition coefficient (Wildman–Crippen LogP) is -0.0648. The first kappa shape index (κ1) is 6.74. The smallest absolute Gasteiger partial charge is 0.0294 e. The number of hydrogen-bond acceptors (Lipinski definition) is 3. The van der Waals surface area contributed by atoms with E-state index in [1.807, 2.05) is 0 Å². The SMILES string of the molecule is C1=CCNNNCCC1. The Labute approximate surface area is 55.5 Å². The van der Waals surface area contributed by atoms with Gasteiger partial charge in [0.15, 0.2) is 0 Å². The maximum absolute atomic E-state index is 3.03. The van der Waals surface area contributed by atoms with Crippen molar-refractivity contribution in [3.63, 3.8) is 0 Å². The van der Waals surface area contributed by atoms with Crippen LogP contribution in [0.25, 0.3) is 0 Å². The highest BCUT2D eigenvalue weighted by Gasteiger charge is 1.86. The van der Waals surface area contributed by atoms with E-state index >= 15 is 0 Å². The second-order valence-corrected chi connectivity index (χ2v) is 2.05. The Bertz CT molecular complexity index is 80.3. The van der Waals surface area contributed by atoms with Gasteiger partial charge in [-0.15, -0.1) is 0 Å². The van der Waals surface area contributed by atoms with Crippen LogP contribution in [0.2, 0.25) is 0 Å². The van der Waals surface area contributed by atoms with Gasteiger partial charge in [-0.1, -0.05) is 12.2 Å². The minimum absolute atomic E-state index is 0.896. The molecule has 0 aliphatic carbocycles. The lowest BCUT2D eigenvalue weighted by atomic mass is 10.3. The second kappa shape index (κ2) is 4.49. The Kier molecular flexibility index (Phi) is 3.36. The van der Waals surface area contributed by atoms with Gasteiger partial charge in [-0.25, -0.2) is 10.9 Å². The van der Waals surface area contributed by atoms with Gasteiger partial charge < -0.3 is 0 Å². The highest BCUT2D eigenvalue weighted by atomic mass is 15.6. The average Bonchev–Trinajstić information content (AvgIpc) is 2.00. The van der Waals surface area contributed by atoms with Crippen molar-refractivity contribution in [2.75, 3.05) is 13.1 Å². The van der Waals surface area contributed by atoms with Crippen LogP contribution in [-0.2, 0) is 0 Å². The van der Waals surface area contributed by atoms with Crippen LogP contribution < -0.4 is 16.4 Å². The number of hydrogen-bond donors (Lipinski definition) is 3. The number of rotatable bonds is 0. The van der Waals surface area contributed by atoms with Crippen molar-refractivity contribution in [3.8, 4) is 0 Å². The first-order valence-electron chi connectivity index (χ1n) is 3.36. The zero-order valence-corrected chi connectivity index (χ0v) is 5.48. The quantitative estimate of drug-likeness (QED) is 0.399. The van der Waals surface area contributed by atoms with Crippen LogP contribution in [0.5, 0.6) is 0 Å². The third-order valence-electron chi connectivity index (χ3n) is 1.24. The first-order chi connectivity index (χ1) is 4.50. The van der Waals surface area contributed by atoms with Crippen LogP contribution >= 0.6 is 0 Å². The van der Waals surface area contributed by atoms with E-state index in [4.69, 9.17) is 0 Å². The minimum atomic E-state index is 0.896. The molecule has 0 unspecified atom stereocenters. The zero-order valence-electron chi connectivity index (χ0n) is 5.48. The summed E-state index contributed by atoms with van der Waals surface area (Å²) >= 11 is 0. The molecule has 52 valence electrons. The summed E-state index contributed by atoms with van der Waals surface area (Å²) in [5.41, 5.74) is 8.88. The number of nitrogens with one attached hydrogen (secondary N) is 3. The standard InChI is InChI=1S/C6H13N3/c1-2-4-6-8-9-7-5-3-1/h1,3,7-9H,2,4-6H2. The van der Waals surface area contributed by atoms with Gasteiger partial charge in [0, 0.05) is 13.1 Å². The maximum Gasteiger partial charge on any atom is 0.0294 e. The molecule has 0 saturated carbocycles. The molecule has 3 heteroatoms. The summed E-state index contributed by atoms with van der Waals surface area (Å²) in [5.74, 6) is 0. The minimum Gasteiger partial charge on any atom is -0.244 e. The maximum atomic E-state index is 3.03. The van der Waals surface area contributed by atoms with Crippen molar-refractivity contribution in [1.29, 1.82) is 0 Å². The van der Waals surface area contributed by atoms with E-state index in [0.29, 0.717) is 0 Å². The molecule has 0 spiro atoms. The molecule has 1 aliphatic rings. The fourth-order valence-corrected chi connectivity index (χ4v) is 0.744. The summed E-state index contributed by atoms with van der Waals surface area (Å²) in [5, 5.41) is 0. The van der Waals surface area contributed by atoms with Crippen molar-refractivity contribution >= 4 is 0 Å². The van der Waals surface area contributed by atoms with E-state index in [-0.39, 0.29) is 0 Å². The Morgan fingerprint density at radius 2 is 2.11 bits per heavy atom. The van der Waals surface area contributed by atoms with Crippen LogP contribution in [0.15, 0.2) is 12.2 Å². The number of allylic oxidation sites excluding steroid dienone is 1. The van der Waals surface area contributed by atoms with Gasteiger partial charge in [0.1, 0.15) is 0 Å². The fourth-order valence-electron chi connectivity index (χ4n) is 0.744. The van der Waals surface area contributed by atoms with Crippen LogP contribution in [0, 0.1) is 0 Å². The Hall–Kier alpha value is -0.380. The lowest BCUT2D eigenvalue weighted by Gasteiger charge is -2.03. The van der Waals surface area contributed by atoms with Gasteiger partial charge >= 0.3 is 0 Å². The molecule has 0 saturated heterocycles. The van der Waals surface area contributed by atoms with Gasteiger partial charge in [-0.05, 0) is 12.8 Å². The van der Waals surface area contributed by atoms with Gasteiger partial charge in [0.2, 0.25) is 0 Å². The lowest BCUT2D eigenvalue weighted by molar-refractivity contribution is 0.453. The van der Waals surface area contributed by atoms with Crippen LogP contribution in [0.1, 0.15) is 12.8 Å². The van der Waals surface area contributed by atoms with Crippen molar-refractivity contribution in [3.05, 3.63) is 12.2 Å². The molecule has 0 aromatic carbocycles. The van der Waals surface area contributed by atoms with Crippen molar-refractivity contribution in [1.82, 2.24) is 16.4 Å². The molecule has 1 rings (SSSR count). The summed E-state index contributed by atoms with van der Waals surface area (Å²) < 4.78 is 0. The van der Waals surface area contributed by atoms with Crippen LogP contribution in [0.3, 0.4) is 0 Å². The van der Waals surface area contributed by atoms with Gasteiger partial charge in [-0.2, -0.15) is 5.53 Å². The summed E-state index contributed by atoms with van der Waals surface area (Å²) in [6.07, 6.45) is 6.70. The molecule has 0 amide bonds. The molecule has 0 atom stereocenters. The molecule has 0 aromatic rings. The predicted molar refractivity (Wildman–Crippen MR) is 37.5 cm³/mol. The molecular formula is C6H13N3. The topological polar surface area (TPSA) is 36.1 Å². The average molecular weight is 127 g/mol. The summed E-state index contributed by atoms with van der Waals surface area (Å²) in [6.45, 7) is 1.92. The van der Waals surface area contributed by atoms with E-state index in [2.05, 4.69) is 28.5 Å². The molecule has 9 heavy (non-hydrogen) atoms. The van der Waals surface area contributed by atoms with E-state index in [1.165, 1.54) is 12.8 Å². The van der Waals surface area contributed by atoms with E-state index in [0.717, 1.165) is 13.1 Å². The molecular weight excluding hydrogens is 114 g/mol. The molecule has 3 N–H and O–H groups in total. The Morgan fingerprint density at radius 3 is 3.11 bits per heavy atom. The Morgan fingerprint density at radius 1 is 1.11 bits per heavy atom. The molecule has 1 aliphatic heterocycles. The molecule has 3 nitrogen and oxygen atoms in total. The second-order valence-electron chi connectivity index (χ2n) is 2.05. The molecule has 0 bridgehead atoms.